The molecule has 1 N–H and O–H groups in total. The minimum absolute atomic E-state index is 0.533. The van der Waals surface area contributed by atoms with Gasteiger partial charge in [-0.25, -0.2) is 0 Å². The van der Waals surface area contributed by atoms with Gasteiger partial charge in [0.15, 0.2) is 0 Å². The Balaban J connectivity index is 0.000000344. The van der Waals surface area contributed by atoms with Crippen LogP contribution in [0.1, 0.15) is 27.2 Å². The Kier molecular flexibility index (Phi) is 13.4. The Bertz CT molecular complexity index is 234. The molecule has 0 atom stereocenters. The van der Waals surface area contributed by atoms with Crippen molar-refractivity contribution in [2.45, 2.75) is 27.2 Å². The molecule has 0 aromatic rings. The van der Waals surface area contributed by atoms with Gasteiger partial charge in [-0.2, -0.15) is 0 Å². The van der Waals surface area contributed by atoms with Gasteiger partial charge in [0.05, 0.1) is 0 Å². The first-order chi connectivity index (χ1) is 9.13. The second kappa shape index (κ2) is 13.2. The first kappa shape index (κ1) is 19.2. The molecule has 0 spiro atoms. The molecule has 0 amide bonds. The van der Waals surface area contributed by atoms with Gasteiger partial charge in [-0.1, -0.05) is 31.2 Å². The number of hydrogen-bond acceptors (Lipinski definition) is 3. The SMILES string of the molecule is CCNCCC1C=CC=C1.CC[N](C)[Hf][N](C)CC. The molecule has 0 saturated carbocycles. The van der Waals surface area contributed by atoms with Crippen LogP contribution in [-0.2, 0) is 23.5 Å². The Morgan fingerprint density at radius 1 is 1.00 bits per heavy atom. The molecule has 0 unspecified atom stereocenters. The second-order valence-electron chi connectivity index (χ2n) is 4.70. The van der Waals surface area contributed by atoms with Gasteiger partial charge in [0.1, 0.15) is 0 Å². The van der Waals surface area contributed by atoms with Gasteiger partial charge in [-0.3, -0.25) is 0 Å². The van der Waals surface area contributed by atoms with Gasteiger partial charge < -0.3 is 5.32 Å². The van der Waals surface area contributed by atoms with Gasteiger partial charge in [0, 0.05) is 0 Å². The van der Waals surface area contributed by atoms with E-state index in [1.165, 1.54) is 19.5 Å². The molecule has 1 aliphatic rings. The minimum atomic E-state index is -0.533. The van der Waals surface area contributed by atoms with Crippen LogP contribution in [0.5, 0.6) is 0 Å². The maximum absolute atomic E-state index is 3.31. The van der Waals surface area contributed by atoms with Crippen LogP contribution >= 0.6 is 0 Å². The summed E-state index contributed by atoms with van der Waals surface area (Å²) in [6.45, 7) is 11.2. The topological polar surface area (TPSA) is 18.5 Å². The molecule has 0 aliphatic heterocycles. The van der Waals surface area contributed by atoms with E-state index in [0.717, 1.165) is 13.1 Å². The van der Waals surface area contributed by atoms with Crippen molar-refractivity contribution in [3.8, 4) is 0 Å². The number of hydrogen-bond donors (Lipinski definition) is 1. The van der Waals surface area contributed by atoms with Crippen LogP contribution in [0, 0.1) is 5.92 Å². The fourth-order valence-corrected chi connectivity index (χ4v) is 4.66. The van der Waals surface area contributed by atoms with Crippen molar-refractivity contribution in [1.29, 1.82) is 0 Å². The summed E-state index contributed by atoms with van der Waals surface area (Å²) in [6, 6.07) is 0. The molecule has 0 bridgehead atoms. The van der Waals surface area contributed by atoms with Crippen LogP contribution in [0.25, 0.3) is 0 Å². The van der Waals surface area contributed by atoms with Gasteiger partial charge in [-0.15, -0.1) is 0 Å². The summed E-state index contributed by atoms with van der Waals surface area (Å²) in [5.74, 6) is 0.694. The van der Waals surface area contributed by atoms with Gasteiger partial charge in [-0.05, 0) is 25.4 Å². The molecule has 110 valence electrons. The Labute approximate surface area is 132 Å². The number of nitrogens with zero attached hydrogens (tertiary/aromatic N) is 2. The fraction of sp³-hybridized carbons (Fsp3) is 0.733. The van der Waals surface area contributed by atoms with E-state index in [-0.39, 0.29) is 0 Å². The average molecular weight is 432 g/mol. The zero-order chi connectivity index (χ0) is 14.5. The summed E-state index contributed by atoms with van der Waals surface area (Å²) in [6.07, 6.45) is 9.97. The van der Waals surface area contributed by atoms with Gasteiger partial charge >= 0.3 is 70.3 Å². The predicted octanol–water partition coefficient (Wildman–Crippen LogP) is 2.53. The molecule has 0 aromatic carbocycles. The van der Waals surface area contributed by atoms with E-state index in [1.54, 1.807) is 0 Å². The molecular formula is C15H31HfN3. The zero-order valence-electron chi connectivity index (χ0n) is 13.3. The van der Waals surface area contributed by atoms with E-state index in [4.69, 9.17) is 0 Å². The quantitative estimate of drug-likeness (QED) is 0.470. The number of allylic oxidation sites excluding steroid dienone is 4. The molecular weight excluding hydrogens is 401 g/mol. The third-order valence-corrected chi connectivity index (χ3v) is 7.75. The molecule has 19 heavy (non-hydrogen) atoms. The van der Waals surface area contributed by atoms with Crippen molar-refractivity contribution in [2.75, 3.05) is 40.3 Å². The molecule has 4 heteroatoms. The van der Waals surface area contributed by atoms with Crippen LogP contribution in [0.4, 0.5) is 0 Å². The number of nitrogens with one attached hydrogen (secondary N) is 1. The molecule has 1 rings (SSSR count). The van der Waals surface area contributed by atoms with Crippen LogP contribution in [0.15, 0.2) is 24.3 Å². The summed E-state index contributed by atoms with van der Waals surface area (Å²) in [5, 5.41) is 3.31. The van der Waals surface area contributed by atoms with E-state index >= 15 is 0 Å². The van der Waals surface area contributed by atoms with E-state index in [9.17, 15) is 0 Å². The molecule has 0 radical (unpaired) electrons. The molecule has 3 nitrogen and oxygen atoms in total. The molecule has 0 saturated heterocycles. The molecule has 0 aromatic heterocycles. The second-order valence-corrected chi connectivity index (χ2v) is 10.9. The van der Waals surface area contributed by atoms with Crippen molar-refractivity contribution in [3.63, 3.8) is 0 Å². The molecule has 1 aliphatic carbocycles. The van der Waals surface area contributed by atoms with Crippen LogP contribution in [0.2, 0.25) is 0 Å². The molecule has 0 fully saturated rings. The van der Waals surface area contributed by atoms with Crippen molar-refractivity contribution in [2.24, 2.45) is 5.92 Å². The molecule has 0 heterocycles. The third-order valence-electron chi connectivity index (χ3n) is 3.02. The first-order valence-electron chi connectivity index (χ1n) is 7.38. The van der Waals surface area contributed by atoms with E-state index in [2.05, 4.69) is 70.3 Å². The standard InChI is InChI=1S/C9H15N.2C3H8N.Hf/c1-2-10-8-7-9-5-3-4-6-9;2*1-3-4-2;/h3-6,9-10H,2,7-8H2,1H3;2*3H2,1-2H3;/q;2*-1;+2. The monoisotopic (exact) mass is 433 g/mol. The van der Waals surface area contributed by atoms with E-state index in [1.807, 2.05) is 0 Å². The van der Waals surface area contributed by atoms with Crippen molar-refractivity contribution >= 4 is 0 Å². The third kappa shape index (κ3) is 11.7. The van der Waals surface area contributed by atoms with Crippen molar-refractivity contribution in [3.05, 3.63) is 24.3 Å². The normalized spacial score (nSPS) is 14.1. The van der Waals surface area contributed by atoms with E-state index < -0.39 is 23.5 Å². The van der Waals surface area contributed by atoms with Crippen LogP contribution in [0.3, 0.4) is 0 Å². The van der Waals surface area contributed by atoms with Gasteiger partial charge in [0.2, 0.25) is 0 Å². The van der Waals surface area contributed by atoms with Crippen molar-refractivity contribution in [1.82, 2.24) is 11.1 Å². The summed E-state index contributed by atoms with van der Waals surface area (Å²) in [7, 11) is 4.44. The summed E-state index contributed by atoms with van der Waals surface area (Å²) in [5.41, 5.74) is 0. The summed E-state index contributed by atoms with van der Waals surface area (Å²) >= 11 is -0.533. The summed E-state index contributed by atoms with van der Waals surface area (Å²) < 4.78 is 4.95. The zero-order valence-corrected chi connectivity index (χ0v) is 16.9. The number of rotatable bonds is 8. The van der Waals surface area contributed by atoms with E-state index in [0.29, 0.717) is 5.92 Å². The van der Waals surface area contributed by atoms with Crippen LogP contribution in [-0.4, -0.2) is 46.0 Å². The van der Waals surface area contributed by atoms with Crippen molar-refractivity contribution < 1.29 is 23.5 Å². The maximum atomic E-state index is 3.31. The predicted molar refractivity (Wildman–Crippen MR) is 81.5 cm³/mol. The van der Waals surface area contributed by atoms with Gasteiger partial charge in [0.25, 0.3) is 0 Å². The Morgan fingerprint density at radius 2 is 1.53 bits per heavy atom. The fourth-order valence-electron chi connectivity index (χ4n) is 1.55. The van der Waals surface area contributed by atoms with Crippen LogP contribution < -0.4 is 5.32 Å². The average Bonchev–Trinajstić information content (AvgIpc) is 2.92. The Hall–Kier alpha value is 0.230. The first-order valence-corrected chi connectivity index (χ1v) is 10.6. The summed E-state index contributed by atoms with van der Waals surface area (Å²) in [4.78, 5) is 0. The Morgan fingerprint density at radius 3 is 1.95 bits per heavy atom.